The average molecular weight is 728 g/mol. The molecule has 1 aromatic heterocycles. The Morgan fingerprint density at radius 3 is 2.48 bits per heavy atom. The summed E-state index contributed by atoms with van der Waals surface area (Å²) >= 11 is -0.989. The summed E-state index contributed by atoms with van der Waals surface area (Å²) in [6.07, 6.45) is -3.94. The summed E-state index contributed by atoms with van der Waals surface area (Å²) in [5.74, 6) is -1.62. The molecule has 0 aliphatic carbocycles. The molecule has 1 N–H and O–H groups in total. The van der Waals surface area contributed by atoms with Crippen molar-refractivity contribution in [3.8, 4) is 17.0 Å². The first-order chi connectivity index (χ1) is 20.9. The maximum atomic E-state index is 15.3. The van der Waals surface area contributed by atoms with Gasteiger partial charge >= 0.3 is 185 Å². The van der Waals surface area contributed by atoms with Crippen LogP contribution in [0.15, 0.2) is 48.7 Å². The standard InChI is InChI=1S/C32H38F4IN5O2/c1-21(2)37-9-10-41(20-37)19-22-5-7-27(33)24(15-22)23-6-8-29(42-13-11-40(3)12-14-42)28(16-23)39-31(43)25-18-38-30(44-4)17-26(25)32(34,35)36/h5-8,15-18,21H,9-14,19-20H2,1-4H3,(H,39,43). The topological polar surface area (TPSA) is 60.9 Å². The van der Waals surface area contributed by atoms with E-state index in [0.717, 1.165) is 46.4 Å². The van der Waals surface area contributed by atoms with Crippen LogP contribution >= 0.6 is 19.8 Å². The molecular formula is C32H38F4IN5O2. The fraction of sp³-hybridized carbons (Fsp3) is 0.438. The van der Waals surface area contributed by atoms with Crippen molar-refractivity contribution in [2.45, 2.75) is 30.5 Å². The molecule has 238 valence electrons. The van der Waals surface area contributed by atoms with Crippen LogP contribution in [0, 0.1) is 5.82 Å². The van der Waals surface area contributed by atoms with E-state index >= 15 is 4.39 Å². The Balaban J connectivity index is 1.48. The van der Waals surface area contributed by atoms with Gasteiger partial charge < -0.3 is 9.64 Å². The molecule has 2 fully saturated rings. The van der Waals surface area contributed by atoms with E-state index in [0.29, 0.717) is 41.7 Å². The Morgan fingerprint density at radius 1 is 1.07 bits per heavy atom. The van der Waals surface area contributed by atoms with E-state index in [1.165, 1.54) is 17.6 Å². The molecule has 0 radical (unpaired) electrons. The number of ether oxygens (including phenoxy) is 1. The summed E-state index contributed by atoms with van der Waals surface area (Å²) in [4.78, 5) is 24.0. The number of amides is 1. The zero-order valence-electron chi connectivity index (χ0n) is 25.3. The summed E-state index contributed by atoms with van der Waals surface area (Å²) in [7, 11) is 3.22. The molecule has 2 aromatic carbocycles. The van der Waals surface area contributed by atoms with Crippen molar-refractivity contribution in [3.63, 3.8) is 0 Å². The van der Waals surface area contributed by atoms with Crippen molar-refractivity contribution in [2.24, 2.45) is 0 Å². The van der Waals surface area contributed by atoms with E-state index in [4.69, 9.17) is 4.74 Å². The monoisotopic (exact) mass is 727 g/mol. The first kappa shape index (κ1) is 32.4. The van der Waals surface area contributed by atoms with Crippen LogP contribution in [-0.2, 0) is 12.7 Å². The number of piperazine rings is 1. The number of aromatic nitrogens is 1. The maximum absolute atomic E-state index is 15.3. The Labute approximate surface area is 263 Å². The van der Waals surface area contributed by atoms with E-state index in [1.54, 1.807) is 18.2 Å². The molecule has 2 aliphatic rings. The van der Waals surface area contributed by atoms with Gasteiger partial charge in [0.1, 0.15) is 0 Å². The van der Waals surface area contributed by atoms with E-state index < -0.39 is 48.8 Å². The normalized spacial score (nSPS) is 17.4. The van der Waals surface area contributed by atoms with Crippen LogP contribution in [0.2, 0.25) is 0 Å². The van der Waals surface area contributed by atoms with Crippen LogP contribution in [0.25, 0.3) is 11.1 Å². The Kier molecular flexibility index (Phi) is 10.0. The minimum Gasteiger partial charge on any atom is -0.303 e. The number of methoxy groups -OCH3 is 1. The molecule has 0 spiro atoms. The molecule has 0 bridgehead atoms. The number of likely N-dealkylation sites (N-methyl/N-ethyl adjacent to an activating group) is 1. The van der Waals surface area contributed by atoms with Gasteiger partial charge in [0.25, 0.3) is 0 Å². The third kappa shape index (κ3) is 7.45. The van der Waals surface area contributed by atoms with E-state index in [9.17, 15) is 18.0 Å². The number of benzene rings is 2. The first-order valence-corrected chi connectivity index (χ1v) is 18.8. The molecule has 1 amide bonds. The number of carbonyl (C=O) groups excluding carboxylic acids is 1. The van der Waals surface area contributed by atoms with Gasteiger partial charge in [0.05, 0.1) is 12.7 Å². The van der Waals surface area contributed by atoms with Crippen LogP contribution in [0.4, 0.5) is 28.9 Å². The summed E-state index contributed by atoms with van der Waals surface area (Å²) in [5, 5.41) is 2.70. The quantitative estimate of drug-likeness (QED) is 0.122. The zero-order chi connectivity index (χ0) is 31.6. The second kappa shape index (κ2) is 13.6. The zero-order valence-corrected chi connectivity index (χ0v) is 27.5. The Hall–Kier alpha value is -2.97. The van der Waals surface area contributed by atoms with Crippen molar-refractivity contribution in [1.82, 2.24) is 14.8 Å². The van der Waals surface area contributed by atoms with Gasteiger partial charge in [-0.25, -0.2) is 4.98 Å². The van der Waals surface area contributed by atoms with Gasteiger partial charge in [-0.3, -0.25) is 0 Å². The number of anilines is 2. The van der Waals surface area contributed by atoms with Crippen molar-refractivity contribution in [3.05, 3.63) is 71.2 Å². The van der Waals surface area contributed by atoms with Crippen LogP contribution in [-0.4, -0.2) is 80.5 Å². The molecule has 5 rings (SSSR count). The van der Waals surface area contributed by atoms with E-state index in [1.807, 2.05) is 19.2 Å². The second-order valence-corrected chi connectivity index (χ2v) is 18.5. The van der Waals surface area contributed by atoms with Gasteiger partial charge in [0.2, 0.25) is 5.88 Å². The smallest absolute Gasteiger partial charge is 0.303 e. The number of nitrogens with one attached hydrogen (secondary N) is 1. The molecule has 0 saturated carbocycles. The average Bonchev–Trinajstić information content (AvgIpc) is 3.47. The van der Waals surface area contributed by atoms with Gasteiger partial charge in [-0.1, -0.05) is 0 Å². The van der Waals surface area contributed by atoms with Gasteiger partial charge in [0.15, 0.2) is 0 Å². The number of rotatable bonds is 8. The summed E-state index contributed by atoms with van der Waals surface area (Å²) < 4.78 is 65.2. The summed E-state index contributed by atoms with van der Waals surface area (Å²) in [6, 6.07) is 11.1. The predicted octanol–water partition coefficient (Wildman–Crippen LogP) is 6.61. The molecular weight excluding hydrogens is 689 g/mol. The van der Waals surface area contributed by atoms with Gasteiger partial charge in [-0.05, 0) is 7.05 Å². The minimum atomic E-state index is -4.80. The number of pyridine rings is 1. The predicted molar refractivity (Wildman–Crippen MR) is 175 cm³/mol. The summed E-state index contributed by atoms with van der Waals surface area (Å²) in [5.41, 5.74) is 1.08. The number of hydrogen-bond donors (Lipinski definition) is 1. The molecule has 0 atom stereocenters. The first-order valence-electron chi connectivity index (χ1n) is 14.5. The van der Waals surface area contributed by atoms with Crippen LogP contribution in [0.5, 0.6) is 5.88 Å². The SMILES string of the molecule is COc1cc(C(F)(F)F)c(C(=O)Nc2cc(-c3cc(CN4CCI(C(C)C)C4)ccc3F)ccc2N2CCN(C)CC2)cn1. The summed E-state index contributed by atoms with van der Waals surface area (Å²) in [6.45, 7) is 9.30. The molecule has 44 heavy (non-hydrogen) atoms. The Morgan fingerprint density at radius 2 is 1.82 bits per heavy atom. The molecule has 12 heteroatoms. The fourth-order valence-corrected chi connectivity index (χ4v) is 11.0. The van der Waals surface area contributed by atoms with Crippen molar-refractivity contribution < 1.29 is 27.1 Å². The second-order valence-electron chi connectivity index (χ2n) is 11.4. The molecule has 3 heterocycles. The van der Waals surface area contributed by atoms with Gasteiger partial charge in [0, 0.05) is 25.4 Å². The minimum absolute atomic E-state index is 0.249. The molecule has 2 aliphatic heterocycles. The van der Waals surface area contributed by atoms with Crippen LogP contribution < -0.4 is 15.0 Å². The number of halogens is 5. The number of nitrogens with zero attached hydrogens (tertiary/aromatic N) is 4. The number of alkyl halides is 6. The van der Waals surface area contributed by atoms with E-state index in [2.05, 4.69) is 38.8 Å². The molecule has 0 unspecified atom stereocenters. The Bertz CT molecular complexity index is 1490. The van der Waals surface area contributed by atoms with Crippen LogP contribution in [0.1, 0.15) is 35.3 Å². The number of hydrogen-bond acceptors (Lipinski definition) is 6. The van der Waals surface area contributed by atoms with Crippen molar-refractivity contribution in [2.75, 3.05) is 66.1 Å². The number of carbonyl (C=O) groups is 1. The molecule has 7 nitrogen and oxygen atoms in total. The van der Waals surface area contributed by atoms with E-state index in [-0.39, 0.29) is 5.88 Å². The molecule has 2 saturated heterocycles. The van der Waals surface area contributed by atoms with Crippen LogP contribution in [0.3, 0.4) is 0 Å². The van der Waals surface area contributed by atoms with Gasteiger partial charge in [-0.15, -0.1) is 0 Å². The van der Waals surface area contributed by atoms with Crippen molar-refractivity contribution in [1.29, 1.82) is 0 Å². The van der Waals surface area contributed by atoms with Crippen molar-refractivity contribution >= 4 is 37.1 Å². The fourth-order valence-electron chi connectivity index (χ4n) is 5.47. The third-order valence-electron chi connectivity index (χ3n) is 8.06. The molecule has 3 aromatic rings. The van der Waals surface area contributed by atoms with Gasteiger partial charge in [-0.2, -0.15) is 13.2 Å². The third-order valence-corrected chi connectivity index (χ3v) is 15.3.